The zero-order valence-electron chi connectivity index (χ0n) is 15.8. The summed E-state index contributed by atoms with van der Waals surface area (Å²) in [6.45, 7) is -0.760. The highest BCUT2D eigenvalue weighted by molar-refractivity contribution is 7.54. The fourth-order valence-electron chi connectivity index (χ4n) is 2.40. The number of ether oxygens (including phenoxy) is 2. The summed E-state index contributed by atoms with van der Waals surface area (Å²) in [5.74, 6) is -2.86. The molecule has 0 spiro atoms. The molecule has 160 valence electrons. The van der Waals surface area contributed by atoms with Crippen molar-refractivity contribution in [3.8, 4) is 5.75 Å². The molecule has 0 amide bonds. The number of carbonyl (C=O) groups excluding carboxylic acids is 1. The molecule has 0 aromatic heterocycles. The maximum Gasteiger partial charge on any atom is 0.375 e. The summed E-state index contributed by atoms with van der Waals surface area (Å²) in [6.07, 6.45) is 0. The summed E-state index contributed by atoms with van der Waals surface area (Å²) < 4.78 is 32.9. The van der Waals surface area contributed by atoms with E-state index in [9.17, 15) is 29.6 Å². The first-order valence-corrected chi connectivity index (χ1v) is 9.84. The smallest absolute Gasteiger partial charge is 0.375 e. The minimum Gasteiger partial charge on any atom is -0.475 e. The van der Waals surface area contributed by atoms with Crippen LogP contribution in [0.1, 0.15) is 11.4 Å². The van der Waals surface area contributed by atoms with Crippen LogP contribution in [0.4, 0.5) is 11.4 Å². The van der Waals surface area contributed by atoms with E-state index in [1.165, 1.54) is 42.5 Å². The maximum absolute atomic E-state index is 12.9. The van der Waals surface area contributed by atoms with Crippen molar-refractivity contribution in [2.24, 2.45) is 0 Å². The lowest BCUT2D eigenvalue weighted by molar-refractivity contribution is -0.385. The van der Waals surface area contributed by atoms with Crippen LogP contribution in [0.2, 0.25) is 0 Å². The highest BCUT2D eigenvalue weighted by Gasteiger charge is 2.39. The van der Waals surface area contributed by atoms with E-state index in [1.54, 1.807) is 0 Å². The number of benzene rings is 2. The van der Waals surface area contributed by atoms with Gasteiger partial charge in [-0.05, 0) is 6.07 Å². The molecule has 0 heterocycles. The van der Waals surface area contributed by atoms with Crippen molar-refractivity contribution in [1.29, 1.82) is 0 Å². The van der Waals surface area contributed by atoms with Crippen LogP contribution in [0.25, 0.3) is 0 Å². The molecule has 0 radical (unpaired) electrons. The van der Waals surface area contributed by atoms with Gasteiger partial charge in [0.2, 0.25) is 5.85 Å². The largest absolute Gasteiger partial charge is 0.475 e. The number of carbonyl (C=O) groups is 1. The molecule has 0 saturated heterocycles. The van der Waals surface area contributed by atoms with E-state index in [-0.39, 0.29) is 22.7 Å². The Kier molecular flexibility index (Phi) is 7.59. The second kappa shape index (κ2) is 9.92. The molecule has 1 atom stereocenters. The van der Waals surface area contributed by atoms with Crippen LogP contribution in [0.15, 0.2) is 48.5 Å². The molecule has 0 bridgehead atoms. The van der Waals surface area contributed by atoms with E-state index in [0.29, 0.717) is 0 Å². The highest BCUT2D eigenvalue weighted by atomic mass is 31.2. The van der Waals surface area contributed by atoms with Crippen LogP contribution < -0.4 is 4.74 Å². The standard InChI is InChI=1S/C17H17N2O10P/c1-26-30(25,27-2)17(12-6-5-7-13(10-12)18(21)22)29-16(20)11-28-15-9-4-3-8-14(15)19(23)24/h3-10,17H,11H2,1-2H3. The van der Waals surface area contributed by atoms with Crippen molar-refractivity contribution in [2.75, 3.05) is 20.8 Å². The number of hydrogen-bond acceptors (Lipinski definition) is 10. The Morgan fingerprint density at radius 2 is 1.70 bits per heavy atom. The molecule has 0 saturated carbocycles. The summed E-state index contributed by atoms with van der Waals surface area (Å²) in [6, 6.07) is 10.3. The zero-order valence-corrected chi connectivity index (χ0v) is 16.7. The average molecular weight is 440 g/mol. The van der Waals surface area contributed by atoms with Gasteiger partial charge in [0.25, 0.3) is 5.69 Å². The summed E-state index contributed by atoms with van der Waals surface area (Å²) in [5.41, 5.74) is -0.696. The number of rotatable bonds is 10. The van der Waals surface area contributed by atoms with Crippen molar-refractivity contribution in [1.82, 2.24) is 0 Å². The molecule has 12 nitrogen and oxygen atoms in total. The quantitative estimate of drug-likeness (QED) is 0.231. The average Bonchev–Trinajstić information content (AvgIpc) is 2.75. The molecular weight excluding hydrogens is 423 g/mol. The molecule has 2 aromatic carbocycles. The van der Waals surface area contributed by atoms with Crippen LogP contribution in [0.5, 0.6) is 5.75 Å². The number of esters is 1. The van der Waals surface area contributed by atoms with Crippen molar-refractivity contribution in [3.05, 3.63) is 74.3 Å². The molecule has 2 rings (SSSR count). The molecule has 13 heteroatoms. The number of nitro groups is 2. The van der Waals surface area contributed by atoms with Crippen LogP contribution in [-0.2, 0) is 23.1 Å². The fourth-order valence-corrected chi connectivity index (χ4v) is 3.70. The van der Waals surface area contributed by atoms with Crippen LogP contribution in [0.3, 0.4) is 0 Å². The lowest BCUT2D eigenvalue weighted by Crippen LogP contribution is -2.19. The lowest BCUT2D eigenvalue weighted by atomic mass is 10.2. The van der Waals surface area contributed by atoms with Gasteiger partial charge < -0.3 is 18.5 Å². The van der Waals surface area contributed by atoms with Crippen LogP contribution >= 0.6 is 7.60 Å². The van der Waals surface area contributed by atoms with Gasteiger partial charge in [0.05, 0.1) is 9.85 Å². The van der Waals surface area contributed by atoms with Gasteiger partial charge in [0, 0.05) is 38.0 Å². The SMILES string of the molecule is COP(=O)(OC)C(OC(=O)COc1ccccc1[N+](=O)[O-])c1cccc([N+](=O)[O-])c1. The molecule has 30 heavy (non-hydrogen) atoms. The molecule has 1 unspecified atom stereocenters. The second-order valence-corrected chi connectivity index (χ2v) is 7.89. The van der Waals surface area contributed by atoms with E-state index >= 15 is 0 Å². The molecule has 0 N–H and O–H groups in total. The topological polar surface area (TPSA) is 157 Å². The Morgan fingerprint density at radius 3 is 2.30 bits per heavy atom. The highest BCUT2D eigenvalue weighted by Crippen LogP contribution is 2.60. The number of para-hydroxylation sites is 2. The predicted molar refractivity (Wildman–Crippen MR) is 102 cm³/mol. The van der Waals surface area contributed by atoms with Gasteiger partial charge >= 0.3 is 19.3 Å². The first-order chi connectivity index (χ1) is 14.2. The Morgan fingerprint density at radius 1 is 1.03 bits per heavy atom. The summed E-state index contributed by atoms with van der Waals surface area (Å²) in [7, 11) is -1.94. The first kappa shape index (κ1) is 22.9. The molecular formula is C17H17N2O10P. The van der Waals surface area contributed by atoms with E-state index in [2.05, 4.69) is 0 Å². The van der Waals surface area contributed by atoms with Gasteiger partial charge in [-0.25, -0.2) is 4.79 Å². The Labute approximate surface area is 170 Å². The van der Waals surface area contributed by atoms with Gasteiger partial charge in [0.15, 0.2) is 12.4 Å². The lowest BCUT2D eigenvalue weighted by Gasteiger charge is -2.24. The molecule has 0 aliphatic heterocycles. The van der Waals surface area contributed by atoms with Gasteiger partial charge in [-0.15, -0.1) is 0 Å². The Bertz CT molecular complexity index is 988. The van der Waals surface area contributed by atoms with Crippen molar-refractivity contribution in [3.63, 3.8) is 0 Å². The third kappa shape index (κ3) is 5.38. The monoisotopic (exact) mass is 440 g/mol. The summed E-state index contributed by atoms with van der Waals surface area (Å²) >= 11 is 0. The van der Waals surface area contributed by atoms with Gasteiger partial charge in [-0.3, -0.25) is 24.8 Å². The molecule has 0 aliphatic carbocycles. The van der Waals surface area contributed by atoms with Crippen molar-refractivity contribution in [2.45, 2.75) is 5.85 Å². The van der Waals surface area contributed by atoms with Crippen LogP contribution in [-0.4, -0.2) is 36.6 Å². The van der Waals surface area contributed by atoms with Crippen molar-refractivity contribution >= 4 is 24.9 Å². The minimum absolute atomic E-state index is 0.00437. The predicted octanol–water partition coefficient (Wildman–Crippen LogP) is 3.61. The van der Waals surface area contributed by atoms with Gasteiger partial charge in [-0.1, -0.05) is 24.3 Å². The minimum atomic E-state index is -4.07. The summed E-state index contributed by atoms with van der Waals surface area (Å²) in [4.78, 5) is 33.0. The number of non-ortho nitro benzene ring substituents is 1. The fraction of sp³-hybridized carbons (Fsp3) is 0.235. The van der Waals surface area contributed by atoms with E-state index in [1.807, 2.05) is 0 Å². The number of nitro benzene ring substituents is 2. The van der Waals surface area contributed by atoms with Crippen molar-refractivity contribution < 1.29 is 37.7 Å². The van der Waals surface area contributed by atoms with Gasteiger partial charge in [-0.2, -0.15) is 0 Å². The third-order valence-corrected chi connectivity index (χ3v) is 5.81. The Balaban J connectivity index is 2.26. The van der Waals surface area contributed by atoms with Crippen LogP contribution in [0, 0.1) is 20.2 Å². The zero-order chi connectivity index (χ0) is 22.3. The number of nitrogens with zero attached hydrogens (tertiary/aromatic N) is 2. The summed E-state index contributed by atoms with van der Waals surface area (Å²) in [5, 5.41) is 22.0. The van der Waals surface area contributed by atoms with E-state index in [4.69, 9.17) is 18.5 Å². The van der Waals surface area contributed by atoms with E-state index < -0.39 is 35.9 Å². The van der Waals surface area contributed by atoms with E-state index in [0.717, 1.165) is 20.3 Å². The second-order valence-electron chi connectivity index (χ2n) is 5.61. The van der Waals surface area contributed by atoms with Gasteiger partial charge in [0.1, 0.15) is 0 Å². The maximum atomic E-state index is 12.9. The Hall–Kier alpha value is -3.34. The molecule has 0 fully saturated rings. The normalized spacial score (nSPS) is 12.1. The molecule has 2 aromatic rings. The molecule has 0 aliphatic rings. The first-order valence-electron chi connectivity index (χ1n) is 8.23. The third-order valence-electron chi connectivity index (χ3n) is 3.81. The number of hydrogen-bond donors (Lipinski definition) is 0.